The van der Waals surface area contributed by atoms with Crippen molar-refractivity contribution in [3.8, 4) is 0 Å². The Morgan fingerprint density at radius 2 is 1.86 bits per heavy atom. The Kier molecular flexibility index (Phi) is 6.64. The Morgan fingerprint density at radius 1 is 1.11 bits per heavy atom. The molecule has 1 saturated heterocycles. The molecule has 8 heteroatoms. The summed E-state index contributed by atoms with van der Waals surface area (Å²) in [7, 11) is -3.46. The smallest absolute Gasteiger partial charge is 0.272 e. The van der Waals surface area contributed by atoms with Gasteiger partial charge in [-0.1, -0.05) is 31.5 Å². The van der Waals surface area contributed by atoms with Crippen LogP contribution >= 0.6 is 0 Å². The first-order valence-electron chi connectivity index (χ1n) is 9.64. The second-order valence-electron chi connectivity index (χ2n) is 6.82. The number of rotatable bonds is 7. The second-order valence-corrected chi connectivity index (χ2v) is 8.75. The zero-order chi connectivity index (χ0) is 20.0. The molecule has 3 rings (SSSR count). The molecule has 0 spiro atoms. The zero-order valence-corrected chi connectivity index (χ0v) is 16.9. The number of pyridine rings is 1. The summed E-state index contributed by atoms with van der Waals surface area (Å²) in [5.74, 6) is 0.413. The van der Waals surface area contributed by atoms with Crippen molar-refractivity contribution in [1.82, 2.24) is 4.31 Å². The fourth-order valence-corrected chi connectivity index (χ4v) is 4.74. The van der Waals surface area contributed by atoms with Gasteiger partial charge in [0.2, 0.25) is 10.0 Å². The van der Waals surface area contributed by atoms with E-state index < -0.39 is 10.0 Å². The van der Waals surface area contributed by atoms with Crippen LogP contribution in [0.4, 0.5) is 11.5 Å². The van der Waals surface area contributed by atoms with E-state index in [1.165, 1.54) is 10.5 Å². The van der Waals surface area contributed by atoms with E-state index in [1.807, 2.05) is 31.2 Å². The van der Waals surface area contributed by atoms with E-state index in [2.05, 4.69) is 15.6 Å². The number of piperidine rings is 1. The van der Waals surface area contributed by atoms with Crippen LogP contribution in [0.2, 0.25) is 0 Å². The number of anilines is 2. The van der Waals surface area contributed by atoms with Crippen LogP contribution in [-0.4, -0.2) is 38.3 Å². The van der Waals surface area contributed by atoms with Crippen molar-refractivity contribution in [2.24, 2.45) is 0 Å². The van der Waals surface area contributed by atoms with Crippen molar-refractivity contribution >= 4 is 27.4 Å². The summed E-state index contributed by atoms with van der Waals surface area (Å²) in [5.41, 5.74) is 1.89. The minimum absolute atomic E-state index is 0.0762. The normalized spacial score (nSPS) is 15.2. The highest BCUT2D eigenvalue weighted by Crippen LogP contribution is 2.20. The lowest BCUT2D eigenvalue weighted by Crippen LogP contribution is -2.36. The Balaban J connectivity index is 1.57. The number of para-hydroxylation sites is 1. The highest BCUT2D eigenvalue weighted by molar-refractivity contribution is 7.89. The number of aromatic amines is 1. The van der Waals surface area contributed by atoms with Crippen LogP contribution in [0, 0.1) is 0 Å². The van der Waals surface area contributed by atoms with Gasteiger partial charge in [-0.15, -0.1) is 0 Å². The van der Waals surface area contributed by atoms with Crippen LogP contribution in [0.1, 0.15) is 31.7 Å². The first-order chi connectivity index (χ1) is 13.5. The van der Waals surface area contributed by atoms with Crippen LogP contribution in [-0.2, 0) is 21.2 Å². The predicted octanol–water partition coefficient (Wildman–Crippen LogP) is 2.29. The number of carbonyl (C=O) groups is 1. The van der Waals surface area contributed by atoms with Crippen molar-refractivity contribution in [3.05, 3.63) is 48.2 Å². The number of amides is 1. The molecular formula is C20H27N4O3S+. The topological polar surface area (TPSA) is 92.7 Å². The van der Waals surface area contributed by atoms with Crippen LogP contribution < -0.4 is 15.6 Å². The number of aromatic nitrogens is 1. The molecule has 0 bridgehead atoms. The molecule has 1 aliphatic rings. The van der Waals surface area contributed by atoms with E-state index in [0.29, 0.717) is 18.9 Å². The molecule has 28 heavy (non-hydrogen) atoms. The minimum Gasteiger partial charge on any atom is -0.322 e. The van der Waals surface area contributed by atoms with Crippen LogP contribution in [0.3, 0.4) is 0 Å². The third-order valence-corrected chi connectivity index (χ3v) is 6.74. The second kappa shape index (κ2) is 9.16. The Labute approximate surface area is 166 Å². The molecule has 0 radical (unpaired) electrons. The standard InChI is InChI=1S/C20H26N4O3S/c1-2-16-8-4-5-9-18(16)23-20(25)15-22-19-11-10-17(14-21-19)28(26,27)24-12-6-3-7-13-24/h4-5,8-11,14H,2-3,6-7,12-13,15H2,1H3,(H,21,22)(H,23,25)/p+1. The maximum Gasteiger partial charge on any atom is 0.272 e. The van der Waals surface area contributed by atoms with E-state index in [-0.39, 0.29) is 17.3 Å². The zero-order valence-electron chi connectivity index (χ0n) is 16.1. The molecule has 150 valence electrons. The van der Waals surface area contributed by atoms with Gasteiger partial charge in [-0.05, 0) is 37.0 Å². The largest absolute Gasteiger partial charge is 0.322 e. The highest BCUT2D eigenvalue weighted by atomic mass is 32.2. The lowest BCUT2D eigenvalue weighted by Gasteiger charge is -2.25. The van der Waals surface area contributed by atoms with Crippen LogP contribution in [0.15, 0.2) is 47.5 Å². The van der Waals surface area contributed by atoms with Gasteiger partial charge >= 0.3 is 0 Å². The van der Waals surface area contributed by atoms with Crippen molar-refractivity contribution in [2.75, 3.05) is 30.3 Å². The summed E-state index contributed by atoms with van der Waals surface area (Å²) in [5, 5.41) is 5.88. The van der Waals surface area contributed by atoms with Crippen molar-refractivity contribution < 1.29 is 18.2 Å². The lowest BCUT2D eigenvalue weighted by atomic mass is 10.1. The number of sulfonamides is 1. The molecule has 1 aromatic heterocycles. The molecule has 0 atom stereocenters. The van der Waals surface area contributed by atoms with E-state index >= 15 is 0 Å². The third-order valence-electron chi connectivity index (χ3n) is 4.85. The Morgan fingerprint density at radius 3 is 2.54 bits per heavy atom. The monoisotopic (exact) mass is 403 g/mol. The number of H-pyrrole nitrogens is 1. The average molecular weight is 404 g/mol. The van der Waals surface area contributed by atoms with Crippen molar-refractivity contribution in [2.45, 2.75) is 37.5 Å². The molecule has 1 aliphatic heterocycles. The van der Waals surface area contributed by atoms with Gasteiger partial charge in [0, 0.05) is 24.8 Å². The number of nitrogens with zero attached hydrogens (tertiary/aromatic N) is 1. The number of carbonyl (C=O) groups excluding carboxylic acids is 1. The van der Waals surface area contributed by atoms with E-state index in [0.717, 1.165) is 36.9 Å². The van der Waals surface area contributed by atoms with Crippen molar-refractivity contribution in [1.29, 1.82) is 0 Å². The Hall–Kier alpha value is -2.45. The van der Waals surface area contributed by atoms with Crippen LogP contribution in [0.5, 0.6) is 0 Å². The Bertz CT molecular complexity index is 907. The third kappa shape index (κ3) is 4.88. The molecule has 0 aliphatic carbocycles. The summed E-state index contributed by atoms with van der Waals surface area (Å²) in [4.78, 5) is 15.4. The molecule has 3 N–H and O–H groups in total. The lowest BCUT2D eigenvalue weighted by molar-refractivity contribution is -0.364. The summed E-state index contributed by atoms with van der Waals surface area (Å²) in [6.07, 6.45) is 5.19. The molecular weight excluding hydrogens is 376 g/mol. The first kappa shape index (κ1) is 20.3. The predicted molar refractivity (Wildman–Crippen MR) is 109 cm³/mol. The molecule has 1 amide bonds. The fraction of sp³-hybridized carbons (Fsp3) is 0.400. The summed E-state index contributed by atoms with van der Waals surface area (Å²) in [6.45, 7) is 3.26. The average Bonchev–Trinajstić information content (AvgIpc) is 2.73. The van der Waals surface area contributed by atoms with Gasteiger partial charge in [-0.2, -0.15) is 4.31 Å². The number of benzene rings is 1. The van der Waals surface area contributed by atoms with Gasteiger partial charge in [0.1, 0.15) is 11.1 Å². The summed E-state index contributed by atoms with van der Waals surface area (Å²) < 4.78 is 26.8. The van der Waals surface area contributed by atoms with Gasteiger partial charge in [-0.3, -0.25) is 10.1 Å². The quantitative estimate of drug-likeness (QED) is 0.742. The molecule has 1 fully saturated rings. The number of nitrogens with one attached hydrogen (secondary N) is 3. The first-order valence-corrected chi connectivity index (χ1v) is 11.1. The molecule has 0 saturated carbocycles. The van der Waals surface area contributed by atoms with Crippen molar-refractivity contribution in [3.63, 3.8) is 0 Å². The SMILES string of the molecule is CCc1ccccc1NC(=O)CNc1ccc(S(=O)(=O)N2CCCCC2)c[nH+]1. The number of aryl methyl sites for hydroxylation is 1. The van der Waals surface area contributed by atoms with E-state index in [4.69, 9.17) is 0 Å². The van der Waals surface area contributed by atoms with Gasteiger partial charge in [-0.25, -0.2) is 13.4 Å². The highest BCUT2D eigenvalue weighted by Gasteiger charge is 2.26. The molecule has 2 aromatic rings. The van der Waals surface area contributed by atoms with E-state index in [9.17, 15) is 13.2 Å². The van der Waals surface area contributed by atoms with Crippen LogP contribution in [0.25, 0.3) is 0 Å². The summed E-state index contributed by atoms with van der Waals surface area (Å²) >= 11 is 0. The van der Waals surface area contributed by atoms with Gasteiger partial charge in [0.05, 0.1) is 0 Å². The maximum absolute atomic E-state index is 12.6. The summed E-state index contributed by atoms with van der Waals surface area (Å²) in [6, 6.07) is 10.9. The maximum atomic E-state index is 12.6. The number of hydrogen-bond acceptors (Lipinski definition) is 4. The number of hydrogen-bond donors (Lipinski definition) is 2. The van der Waals surface area contributed by atoms with Gasteiger partial charge < -0.3 is 5.32 Å². The molecule has 2 heterocycles. The minimum atomic E-state index is -3.46. The molecule has 0 unspecified atom stereocenters. The van der Waals surface area contributed by atoms with Gasteiger partial charge in [0.15, 0.2) is 6.54 Å². The fourth-order valence-electron chi connectivity index (χ4n) is 3.26. The van der Waals surface area contributed by atoms with E-state index in [1.54, 1.807) is 12.1 Å². The molecule has 7 nitrogen and oxygen atoms in total. The molecule has 1 aromatic carbocycles. The van der Waals surface area contributed by atoms with Gasteiger partial charge in [0.25, 0.3) is 11.7 Å².